The third-order valence-corrected chi connectivity index (χ3v) is 14.5. The maximum absolute atomic E-state index is 13.4. The Kier molecular flexibility index (Phi) is 10.6. The Morgan fingerprint density at radius 3 is 2.34 bits per heavy atom. The molecule has 6 aliphatic rings. The molecule has 3 amide bonds. The average Bonchev–Trinajstić information content (AvgIpc) is 3.68. The first kappa shape index (κ1) is 40.7. The fourth-order valence-electron chi connectivity index (χ4n) is 10.6. The number of amides is 3. The van der Waals surface area contributed by atoms with Gasteiger partial charge < -0.3 is 24.2 Å². The minimum absolute atomic E-state index is 0.0949. The average molecular weight is 846 g/mol. The number of hydrogen-bond acceptors (Lipinski definition) is 13. The molecular weight excluding hydrogens is 787 g/mol. The lowest BCUT2D eigenvalue weighted by molar-refractivity contribution is -0.136. The Balaban J connectivity index is 0.699. The van der Waals surface area contributed by atoms with E-state index in [1.165, 1.54) is 0 Å². The molecule has 0 spiro atoms. The van der Waals surface area contributed by atoms with Crippen LogP contribution in [-0.2, 0) is 16.1 Å². The summed E-state index contributed by atoms with van der Waals surface area (Å²) in [7, 11) is 1.66. The number of aromatic amines is 1. The molecule has 3 aromatic heterocycles. The van der Waals surface area contributed by atoms with Crippen LogP contribution in [0.2, 0.25) is 0 Å². The summed E-state index contributed by atoms with van der Waals surface area (Å²) in [6.45, 7) is 16.5. The van der Waals surface area contributed by atoms with Crippen molar-refractivity contribution in [1.82, 2.24) is 45.2 Å². The highest BCUT2D eigenvalue weighted by molar-refractivity contribution is 6.06. The molecule has 1 aromatic carbocycles. The Morgan fingerprint density at radius 2 is 1.61 bits per heavy atom. The van der Waals surface area contributed by atoms with Crippen molar-refractivity contribution in [3.05, 3.63) is 47.9 Å². The van der Waals surface area contributed by atoms with E-state index in [4.69, 9.17) is 14.5 Å². The quantitative estimate of drug-likeness (QED) is 0.201. The summed E-state index contributed by atoms with van der Waals surface area (Å²) in [5.74, 6) is 2.69. The number of rotatable bonds is 11. The second-order valence-electron chi connectivity index (χ2n) is 19.4. The van der Waals surface area contributed by atoms with Crippen molar-refractivity contribution >= 4 is 40.1 Å². The number of pyridine rings is 1. The normalized spacial score (nSPS) is 23.5. The molecule has 5 aliphatic heterocycles. The molecule has 4 aromatic rings. The molecule has 4 saturated heterocycles. The molecule has 2 N–H and O–H groups in total. The molecule has 8 heterocycles. The standard InChI is InChI=1S/C46H59N11O5/c1-45(2)27-53(24-29-9-15-54(16-10-29)36-6-5-31-33(42(36)61-4)26-57(44(31)60)37-7-8-39(58)50-43(37)59)19-20-56(45)25-30-11-17-55(18-12-30)38-22-34(48-28-49-38)41-32-21-40(62-46(3)13-14-46)47-23-35(32)51-52-41/h5-6,21-23,28-30,37H,7-20,24-27H2,1-4H3,(H,51,52)(H,50,58,59). The van der Waals surface area contributed by atoms with Gasteiger partial charge >= 0.3 is 0 Å². The van der Waals surface area contributed by atoms with Crippen LogP contribution in [0.15, 0.2) is 36.8 Å². The van der Waals surface area contributed by atoms with Gasteiger partial charge in [-0.3, -0.25) is 34.6 Å². The molecule has 1 unspecified atom stereocenters. The molecule has 0 radical (unpaired) electrons. The predicted molar refractivity (Wildman–Crippen MR) is 234 cm³/mol. The number of nitrogens with one attached hydrogen (secondary N) is 2. The highest BCUT2D eigenvalue weighted by Crippen LogP contribution is 2.42. The van der Waals surface area contributed by atoms with Gasteiger partial charge in [0.25, 0.3) is 5.91 Å². The van der Waals surface area contributed by atoms with Crippen LogP contribution in [-0.4, -0.2) is 141 Å². The van der Waals surface area contributed by atoms with Crippen molar-refractivity contribution in [3.63, 3.8) is 0 Å². The van der Waals surface area contributed by atoms with Gasteiger partial charge in [-0.05, 0) is 89.7 Å². The van der Waals surface area contributed by atoms with Crippen LogP contribution >= 0.6 is 0 Å². The minimum Gasteiger partial charge on any atom is -0.494 e. The van der Waals surface area contributed by atoms with Gasteiger partial charge in [-0.25, -0.2) is 15.0 Å². The van der Waals surface area contributed by atoms with Gasteiger partial charge in [-0.15, -0.1) is 0 Å². The van der Waals surface area contributed by atoms with Crippen LogP contribution in [0, 0.1) is 11.8 Å². The molecular formula is C46H59N11O5. The molecule has 5 fully saturated rings. The second kappa shape index (κ2) is 16.1. The van der Waals surface area contributed by atoms with E-state index in [0.29, 0.717) is 36.2 Å². The monoisotopic (exact) mass is 845 g/mol. The van der Waals surface area contributed by atoms with Crippen LogP contribution in [0.5, 0.6) is 11.6 Å². The van der Waals surface area contributed by atoms with Gasteiger partial charge in [0.1, 0.15) is 35.2 Å². The first-order valence-electron chi connectivity index (χ1n) is 22.6. The van der Waals surface area contributed by atoms with Crippen molar-refractivity contribution in [3.8, 4) is 23.0 Å². The molecule has 328 valence electrons. The maximum atomic E-state index is 13.4. The number of ether oxygens (including phenoxy) is 2. The zero-order valence-corrected chi connectivity index (χ0v) is 36.5. The summed E-state index contributed by atoms with van der Waals surface area (Å²) in [6.07, 6.45) is 10.6. The highest BCUT2D eigenvalue weighted by Gasteiger charge is 2.43. The predicted octanol–water partition coefficient (Wildman–Crippen LogP) is 4.65. The SMILES string of the molecule is COc1c(N2CCC(CN3CCN(CC4CCN(c5cc(-c6n[nH]c7cnc(OC8(C)CC8)cc67)ncn5)CC4)C(C)(C)C3)CC2)ccc2c1CN(C1CCC(=O)NC1=O)C2=O. The van der Waals surface area contributed by atoms with Crippen molar-refractivity contribution in [1.29, 1.82) is 0 Å². The molecule has 16 heteroatoms. The minimum atomic E-state index is -0.646. The fourth-order valence-corrected chi connectivity index (χ4v) is 10.6. The number of H-pyrrole nitrogens is 1. The number of nitrogens with zero attached hydrogens (tertiary/aromatic N) is 9. The van der Waals surface area contributed by atoms with E-state index in [1.54, 1.807) is 24.5 Å². The molecule has 1 aliphatic carbocycles. The number of aromatic nitrogens is 5. The molecule has 1 atom stereocenters. The Bertz CT molecular complexity index is 2360. The van der Waals surface area contributed by atoms with Crippen LogP contribution in [0.3, 0.4) is 0 Å². The smallest absolute Gasteiger partial charge is 0.255 e. The number of piperazine rings is 1. The Hall–Kier alpha value is -5.35. The summed E-state index contributed by atoms with van der Waals surface area (Å²) < 4.78 is 12.1. The summed E-state index contributed by atoms with van der Waals surface area (Å²) in [5, 5.41) is 11.1. The summed E-state index contributed by atoms with van der Waals surface area (Å²) >= 11 is 0. The van der Waals surface area contributed by atoms with Crippen molar-refractivity contribution in [2.75, 3.05) is 75.8 Å². The van der Waals surface area contributed by atoms with Crippen molar-refractivity contribution < 1.29 is 23.9 Å². The number of carbonyl (C=O) groups is 3. The van der Waals surface area contributed by atoms with Gasteiger partial charge in [0.15, 0.2) is 0 Å². The zero-order valence-electron chi connectivity index (χ0n) is 36.5. The van der Waals surface area contributed by atoms with Gasteiger partial charge in [0, 0.05) is 99.5 Å². The first-order valence-corrected chi connectivity index (χ1v) is 22.6. The topological polar surface area (TPSA) is 165 Å². The van der Waals surface area contributed by atoms with Gasteiger partial charge in [-0.2, -0.15) is 5.10 Å². The van der Waals surface area contributed by atoms with Gasteiger partial charge in [0.05, 0.1) is 36.7 Å². The van der Waals surface area contributed by atoms with Crippen LogP contribution in [0.25, 0.3) is 22.3 Å². The lowest BCUT2D eigenvalue weighted by Gasteiger charge is -2.50. The maximum Gasteiger partial charge on any atom is 0.255 e. The third kappa shape index (κ3) is 7.95. The van der Waals surface area contributed by atoms with E-state index in [0.717, 1.165) is 143 Å². The number of methoxy groups -OCH3 is 1. The number of hydrogen-bond donors (Lipinski definition) is 2. The molecule has 16 nitrogen and oxygen atoms in total. The number of piperidine rings is 3. The van der Waals surface area contributed by atoms with E-state index >= 15 is 0 Å². The molecule has 0 bridgehead atoms. The number of fused-ring (bicyclic) bond motifs is 2. The third-order valence-electron chi connectivity index (χ3n) is 14.5. The van der Waals surface area contributed by atoms with Crippen molar-refractivity contribution in [2.45, 2.75) is 95.9 Å². The summed E-state index contributed by atoms with van der Waals surface area (Å²) in [4.78, 5) is 63.4. The van der Waals surface area contributed by atoms with E-state index in [1.807, 2.05) is 18.2 Å². The summed E-state index contributed by atoms with van der Waals surface area (Å²) in [6, 6.07) is 7.28. The van der Waals surface area contributed by atoms with Crippen molar-refractivity contribution in [2.24, 2.45) is 11.8 Å². The Labute approximate surface area is 362 Å². The number of anilines is 2. The lowest BCUT2D eigenvalue weighted by atomic mass is 9.90. The Morgan fingerprint density at radius 1 is 0.855 bits per heavy atom. The number of carbonyl (C=O) groups excluding carboxylic acids is 3. The van der Waals surface area contributed by atoms with Gasteiger partial charge in [0.2, 0.25) is 17.7 Å². The van der Waals surface area contributed by atoms with Crippen LogP contribution in [0.4, 0.5) is 11.5 Å². The number of imide groups is 1. The van der Waals surface area contributed by atoms with E-state index in [-0.39, 0.29) is 29.4 Å². The molecule has 10 rings (SSSR count). The fraction of sp³-hybridized carbons (Fsp3) is 0.587. The number of benzene rings is 1. The van der Waals surface area contributed by atoms with Crippen LogP contribution < -0.4 is 24.6 Å². The first-order chi connectivity index (χ1) is 29.9. The molecule has 1 saturated carbocycles. The van der Waals surface area contributed by atoms with Crippen LogP contribution in [0.1, 0.15) is 88.1 Å². The summed E-state index contributed by atoms with van der Waals surface area (Å²) in [5.41, 5.74) is 4.85. The largest absolute Gasteiger partial charge is 0.494 e. The van der Waals surface area contributed by atoms with Gasteiger partial charge in [-0.1, -0.05) is 0 Å². The van der Waals surface area contributed by atoms with E-state index < -0.39 is 11.9 Å². The second-order valence-corrected chi connectivity index (χ2v) is 19.4. The lowest BCUT2D eigenvalue weighted by Crippen LogP contribution is -2.61. The van der Waals surface area contributed by atoms with E-state index in [2.05, 4.69) is 71.9 Å². The van der Waals surface area contributed by atoms with E-state index in [9.17, 15) is 14.4 Å². The zero-order chi connectivity index (χ0) is 42.8. The molecule has 62 heavy (non-hydrogen) atoms. The highest BCUT2D eigenvalue weighted by atomic mass is 16.5.